The molecule has 234 valence electrons. The maximum Gasteiger partial charge on any atom is 0.338 e. The van der Waals surface area contributed by atoms with Crippen LogP contribution in [0.1, 0.15) is 64.7 Å². The lowest BCUT2D eigenvalue weighted by Crippen LogP contribution is -2.81. The van der Waals surface area contributed by atoms with Crippen LogP contribution in [0.5, 0.6) is 0 Å². The Morgan fingerprint density at radius 3 is 2.26 bits per heavy atom. The SMILES string of the molecule is CC(=O)OC[C@H]1C(=O)[C@@]2(C)C([C@H](OC(=O)c3ccccc3)[C@]3(O)C[C@H](O)C(C)=C1C3(C)C)[C@]1(OC(C)=O)CO[C@@H]1C[C@@H]2O. The summed E-state index contributed by atoms with van der Waals surface area (Å²) in [5.74, 6) is -5.18. The summed E-state index contributed by atoms with van der Waals surface area (Å²) < 4.78 is 23.4. The second kappa shape index (κ2) is 10.5. The van der Waals surface area contributed by atoms with Gasteiger partial charge in [0.1, 0.15) is 24.4 Å². The van der Waals surface area contributed by atoms with Gasteiger partial charge in [0.15, 0.2) is 11.4 Å². The quantitative estimate of drug-likeness (QED) is 0.257. The van der Waals surface area contributed by atoms with E-state index in [-0.39, 0.29) is 25.0 Å². The maximum atomic E-state index is 15.0. The van der Waals surface area contributed by atoms with Crippen molar-refractivity contribution in [1.29, 1.82) is 0 Å². The zero-order valence-corrected chi connectivity index (χ0v) is 25.3. The van der Waals surface area contributed by atoms with E-state index in [9.17, 15) is 34.5 Å². The average Bonchev–Trinajstić information content (AvgIpc) is 2.93. The molecule has 11 heteroatoms. The van der Waals surface area contributed by atoms with Crippen molar-refractivity contribution in [2.24, 2.45) is 22.7 Å². The highest BCUT2D eigenvalue weighted by Gasteiger charge is 2.77. The summed E-state index contributed by atoms with van der Waals surface area (Å²) in [6, 6.07) is 8.10. The van der Waals surface area contributed by atoms with Crippen molar-refractivity contribution in [2.45, 2.75) is 90.0 Å². The summed E-state index contributed by atoms with van der Waals surface area (Å²) in [6.07, 6.45) is -5.44. The molecule has 3 fully saturated rings. The van der Waals surface area contributed by atoms with Crippen molar-refractivity contribution in [3.63, 3.8) is 0 Å². The minimum absolute atomic E-state index is 0.0753. The van der Waals surface area contributed by atoms with Crippen LogP contribution in [-0.2, 0) is 33.3 Å². The van der Waals surface area contributed by atoms with Crippen LogP contribution in [0.25, 0.3) is 0 Å². The van der Waals surface area contributed by atoms with Crippen molar-refractivity contribution in [3.05, 3.63) is 47.0 Å². The largest absolute Gasteiger partial charge is 0.465 e. The zero-order valence-electron chi connectivity index (χ0n) is 25.3. The van der Waals surface area contributed by atoms with Gasteiger partial charge in [0.25, 0.3) is 0 Å². The summed E-state index contributed by atoms with van der Waals surface area (Å²) in [5.41, 5.74) is -5.83. The molecule has 0 spiro atoms. The van der Waals surface area contributed by atoms with E-state index in [1.165, 1.54) is 32.9 Å². The minimum Gasteiger partial charge on any atom is -0.465 e. The molecule has 1 aromatic rings. The number of hydrogen-bond donors (Lipinski definition) is 3. The topological polar surface area (TPSA) is 166 Å². The van der Waals surface area contributed by atoms with Crippen LogP contribution in [-0.4, -0.2) is 87.8 Å². The highest BCUT2D eigenvalue weighted by atomic mass is 16.6. The summed E-state index contributed by atoms with van der Waals surface area (Å²) in [6.45, 7) is 8.36. The third-order valence-corrected chi connectivity index (χ3v) is 10.5. The van der Waals surface area contributed by atoms with Crippen LogP contribution in [0.2, 0.25) is 0 Å². The van der Waals surface area contributed by atoms with Crippen LogP contribution >= 0.6 is 0 Å². The van der Waals surface area contributed by atoms with Gasteiger partial charge in [0.2, 0.25) is 0 Å². The molecule has 1 unspecified atom stereocenters. The molecule has 4 aliphatic rings. The molecule has 3 aliphatic carbocycles. The number of esters is 3. The monoisotopic (exact) mass is 600 g/mol. The third-order valence-electron chi connectivity index (χ3n) is 10.5. The van der Waals surface area contributed by atoms with Crippen LogP contribution in [0.3, 0.4) is 0 Å². The number of aliphatic hydroxyl groups excluding tert-OH is 2. The predicted octanol–water partition coefficient (Wildman–Crippen LogP) is 1.90. The molecule has 1 aromatic carbocycles. The van der Waals surface area contributed by atoms with Gasteiger partial charge in [0.05, 0.1) is 41.6 Å². The Kier molecular flexibility index (Phi) is 7.65. The fraction of sp³-hybridized carbons (Fsp3) is 0.625. The Morgan fingerprint density at radius 2 is 1.70 bits per heavy atom. The van der Waals surface area contributed by atoms with E-state index >= 15 is 0 Å². The van der Waals surface area contributed by atoms with E-state index in [2.05, 4.69) is 0 Å². The number of ether oxygens (including phenoxy) is 4. The summed E-state index contributed by atoms with van der Waals surface area (Å²) in [4.78, 5) is 53.3. The van der Waals surface area contributed by atoms with Gasteiger partial charge in [-0.25, -0.2) is 4.79 Å². The molecule has 2 bridgehead atoms. The molecule has 5 rings (SSSR count). The first-order valence-corrected chi connectivity index (χ1v) is 14.6. The number of aliphatic hydroxyl groups is 3. The predicted molar refractivity (Wildman–Crippen MR) is 149 cm³/mol. The number of carbonyl (C=O) groups is 4. The molecule has 1 saturated heterocycles. The van der Waals surface area contributed by atoms with Crippen LogP contribution < -0.4 is 0 Å². The average molecular weight is 601 g/mol. The molecule has 2 saturated carbocycles. The fourth-order valence-electron chi connectivity index (χ4n) is 8.26. The Morgan fingerprint density at radius 1 is 1.05 bits per heavy atom. The van der Waals surface area contributed by atoms with Gasteiger partial charge in [-0.2, -0.15) is 0 Å². The normalized spacial score (nSPS) is 39.7. The molecule has 43 heavy (non-hydrogen) atoms. The lowest BCUT2D eigenvalue weighted by atomic mass is 9.43. The molecule has 0 aromatic heterocycles. The number of rotatable bonds is 5. The van der Waals surface area contributed by atoms with Gasteiger partial charge >= 0.3 is 17.9 Å². The zero-order chi connectivity index (χ0) is 31.7. The molecule has 3 N–H and O–H groups in total. The van der Waals surface area contributed by atoms with Gasteiger partial charge in [-0.05, 0) is 37.1 Å². The fourth-order valence-corrected chi connectivity index (χ4v) is 8.26. The Balaban J connectivity index is 1.82. The lowest BCUT2D eigenvalue weighted by Gasteiger charge is -2.67. The Labute approximate surface area is 250 Å². The highest BCUT2D eigenvalue weighted by molar-refractivity contribution is 5.93. The van der Waals surface area contributed by atoms with Gasteiger partial charge in [-0.15, -0.1) is 0 Å². The number of benzene rings is 1. The van der Waals surface area contributed by atoms with Gasteiger partial charge in [0, 0.05) is 32.1 Å². The van der Waals surface area contributed by atoms with Crippen LogP contribution in [0, 0.1) is 22.7 Å². The summed E-state index contributed by atoms with van der Waals surface area (Å²) in [5, 5.41) is 36.0. The van der Waals surface area contributed by atoms with Crippen molar-refractivity contribution in [2.75, 3.05) is 13.2 Å². The van der Waals surface area contributed by atoms with E-state index in [0.29, 0.717) is 11.1 Å². The van der Waals surface area contributed by atoms with Crippen LogP contribution in [0.15, 0.2) is 41.5 Å². The number of ketones is 1. The highest BCUT2D eigenvalue weighted by Crippen LogP contribution is 2.64. The lowest BCUT2D eigenvalue weighted by molar-refractivity contribution is -0.345. The van der Waals surface area contributed by atoms with Crippen molar-refractivity contribution >= 4 is 23.7 Å². The number of Topliss-reactive ketones (excluding diaryl/α,β-unsaturated/α-hetero) is 1. The number of fused-ring (bicyclic) bond motifs is 5. The second-order valence-corrected chi connectivity index (χ2v) is 13.1. The van der Waals surface area contributed by atoms with Crippen molar-refractivity contribution in [1.82, 2.24) is 0 Å². The van der Waals surface area contributed by atoms with E-state index in [1.807, 2.05) is 0 Å². The van der Waals surface area contributed by atoms with Gasteiger partial charge in [-0.3, -0.25) is 14.4 Å². The molecular weight excluding hydrogens is 560 g/mol. The molecular formula is C32H40O11. The molecule has 1 aliphatic heterocycles. The summed E-state index contributed by atoms with van der Waals surface area (Å²) >= 11 is 0. The smallest absolute Gasteiger partial charge is 0.338 e. The van der Waals surface area contributed by atoms with Crippen LogP contribution in [0.4, 0.5) is 0 Å². The first-order valence-electron chi connectivity index (χ1n) is 14.6. The third kappa shape index (κ3) is 4.46. The standard InChI is InChI=1S/C32H40O11/c1-16-21(35)13-32(39)27(42-28(38)19-10-8-7-9-11-19)25-30(6,22(36)12-23-31(25,15-41-23)43-18(3)34)26(37)20(14-40-17(2)33)24(16)29(32,4)5/h7-11,20-23,25,27,35-36,39H,12-15H2,1-6H3/t20-,21+,22+,23-,25?,27+,30-,31+,32-/m1/s1. The Hall–Kier alpha value is -3.12. The van der Waals surface area contributed by atoms with E-state index in [0.717, 1.165) is 0 Å². The molecule has 11 nitrogen and oxygen atoms in total. The molecule has 9 atom stereocenters. The first kappa shape index (κ1) is 31.3. The molecule has 0 amide bonds. The van der Waals surface area contributed by atoms with Crippen molar-refractivity contribution in [3.8, 4) is 0 Å². The second-order valence-electron chi connectivity index (χ2n) is 13.1. The molecule has 1 heterocycles. The molecule has 0 radical (unpaired) electrons. The maximum absolute atomic E-state index is 15.0. The van der Waals surface area contributed by atoms with Gasteiger partial charge < -0.3 is 34.3 Å². The first-order chi connectivity index (χ1) is 20.0. The van der Waals surface area contributed by atoms with E-state index < -0.39 is 88.6 Å². The Bertz CT molecular complexity index is 1370. The van der Waals surface area contributed by atoms with Gasteiger partial charge in [-0.1, -0.05) is 32.0 Å². The van der Waals surface area contributed by atoms with E-state index in [1.54, 1.807) is 39.0 Å². The van der Waals surface area contributed by atoms with E-state index in [4.69, 9.17) is 18.9 Å². The minimum atomic E-state index is -2.06. The number of carbonyl (C=O) groups excluding carboxylic acids is 4. The number of hydrogen-bond acceptors (Lipinski definition) is 11. The summed E-state index contributed by atoms with van der Waals surface area (Å²) in [7, 11) is 0. The van der Waals surface area contributed by atoms with Crippen molar-refractivity contribution < 1.29 is 53.4 Å².